The number of epoxide rings is 1. The van der Waals surface area contributed by atoms with E-state index < -0.39 is 6.09 Å². The third-order valence-corrected chi connectivity index (χ3v) is 9.28. The van der Waals surface area contributed by atoms with Crippen molar-refractivity contribution in [2.75, 3.05) is 72.6 Å². The Hall–Kier alpha value is -1.39. The molecule has 0 spiro atoms. The number of carbonyl (C=O) groups is 2. The standard InChI is InChI=1S/C29H47IN4O8/c1-22(35)4-2-3-11-34-27-8-6-24-23(5-7-26(27)32-33-34)25(24)20-41-28(36)31-10-13-38-15-17-40-19-18-39-16-14-37-12-9-29(30)21-42-29/h23-25H,2-21H2,1H3,(H,31,36)/t23?,24?,25?,29-/m0/s1. The van der Waals surface area contributed by atoms with E-state index >= 15 is 0 Å². The number of ketones is 1. The molecule has 2 fully saturated rings. The number of nitrogens with zero attached hydrogens (tertiary/aromatic N) is 3. The van der Waals surface area contributed by atoms with Gasteiger partial charge in [0.25, 0.3) is 0 Å². The molecule has 1 saturated carbocycles. The highest BCUT2D eigenvalue weighted by Gasteiger charge is 2.50. The predicted molar refractivity (Wildman–Crippen MR) is 162 cm³/mol. The summed E-state index contributed by atoms with van der Waals surface area (Å²) in [6, 6.07) is 0. The molecule has 1 aromatic rings. The number of unbranched alkanes of at least 4 members (excludes halogenated alkanes) is 1. The van der Waals surface area contributed by atoms with Gasteiger partial charge < -0.3 is 38.5 Å². The van der Waals surface area contributed by atoms with Gasteiger partial charge in [-0.1, -0.05) is 5.21 Å². The molecule has 4 rings (SSSR count). The summed E-state index contributed by atoms with van der Waals surface area (Å²) in [5, 5.41) is 11.6. The van der Waals surface area contributed by atoms with Crippen molar-refractivity contribution in [2.24, 2.45) is 17.8 Å². The number of alkyl carbamates (subject to hydrolysis) is 1. The van der Waals surface area contributed by atoms with Crippen molar-refractivity contribution in [3.63, 3.8) is 0 Å². The number of rotatable bonds is 22. The number of ether oxygens (including phenoxy) is 6. The van der Waals surface area contributed by atoms with Crippen molar-refractivity contribution in [1.29, 1.82) is 0 Å². The fourth-order valence-electron chi connectivity index (χ4n) is 5.54. The number of hydrogen-bond donors (Lipinski definition) is 1. The SMILES string of the molecule is CC(=O)CCCCn1nnc2c1CCC1C(CC2)C1COC(=O)NCCOCCOCCOCCOCC[C@@]1(I)CO1. The summed E-state index contributed by atoms with van der Waals surface area (Å²) < 4.78 is 34.9. The third-order valence-electron chi connectivity index (χ3n) is 8.12. The quantitative estimate of drug-likeness (QED) is 0.0830. The van der Waals surface area contributed by atoms with E-state index in [4.69, 9.17) is 28.4 Å². The number of carbonyl (C=O) groups excluding carboxylic acids is 2. The van der Waals surface area contributed by atoms with Crippen LogP contribution in [0.4, 0.5) is 4.79 Å². The highest BCUT2D eigenvalue weighted by atomic mass is 127. The molecule has 1 aliphatic heterocycles. The van der Waals surface area contributed by atoms with E-state index in [0.717, 1.165) is 63.8 Å². The number of amides is 1. The van der Waals surface area contributed by atoms with E-state index in [-0.39, 0.29) is 9.39 Å². The average Bonchev–Trinajstić information content (AvgIpc) is 3.82. The van der Waals surface area contributed by atoms with Crippen LogP contribution in [0.25, 0.3) is 0 Å². The highest BCUT2D eigenvalue weighted by Crippen LogP contribution is 2.52. The molecule has 2 aliphatic carbocycles. The first kappa shape index (κ1) is 33.5. The third kappa shape index (κ3) is 11.9. The van der Waals surface area contributed by atoms with E-state index in [0.29, 0.717) is 90.2 Å². The van der Waals surface area contributed by atoms with E-state index in [1.165, 1.54) is 5.69 Å². The Morgan fingerprint density at radius 1 is 0.976 bits per heavy atom. The number of alkyl halides is 1. The Labute approximate surface area is 262 Å². The van der Waals surface area contributed by atoms with Crippen LogP contribution in [0.5, 0.6) is 0 Å². The van der Waals surface area contributed by atoms with E-state index in [1.54, 1.807) is 6.92 Å². The molecule has 12 nitrogen and oxygen atoms in total. The Morgan fingerprint density at radius 3 is 2.29 bits per heavy atom. The van der Waals surface area contributed by atoms with Crippen LogP contribution in [0.2, 0.25) is 0 Å². The number of aryl methyl sites for hydroxylation is 2. The Morgan fingerprint density at radius 2 is 1.62 bits per heavy atom. The first-order valence-corrected chi connectivity index (χ1v) is 16.5. The van der Waals surface area contributed by atoms with Gasteiger partial charge in [-0.2, -0.15) is 0 Å². The van der Waals surface area contributed by atoms with Gasteiger partial charge in [-0.3, -0.25) is 0 Å². The van der Waals surface area contributed by atoms with E-state index in [2.05, 4.69) is 38.2 Å². The first-order chi connectivity index (χ1) is 20.5. The molecule has 1 saturated heterocycles. The number of fused-ring (bicyclic) bond motifs is 2. The van der Waals surface area contributed by atoms with Crippen LogP contribution in [0, 0.1) is 17.8 Å². The van der Waals surface area contributed by atoms with Gasteiger partial charge in [0.15, 0.2) is 0 Å². The van der Waals surface area contributed by atoms with Gasteiger partial charge in [0.05, 0.1) is 77.5 Å². The van der Waals surface area contributed by atoms with Crippen molar-refractivity contribution < 1.29 is 38.0 Å². The maximum atomic E-state index is 12.1. The van der Waals surface area contributed by atoms with Gasteiger partial charge in [-0.15, -0.1) is 5.10 Å². The van der Waals surface area contributed by atoms with Crippen molar-refractivity contribution in [2.45, 2.75) is 68.4 Å². The van der Waals surface area contributed by atoms with Gasteiger partial charge >= 0.3 is 6.09 Å². The lowest BCUT2D eigenvalue weighted by Crippen LogP contribution is -2.29. The Bertz CT molecular complexity index is 975. The molecule has 238 valence electrons. The van der Waals surface area contributed by atoms with E-state index in [1.807, 2.05) is 4.68 Å². The lowest BCUT2D eigenvalue weighted by Gasteiger charge is -2.10. The molecule has 3 unspecified atom stereocenters. The molecule has 4 atom stereocenters. The van der Waals surface area contributed by atoms with Crippen LogP contribution >= 0.6 is 22.6 Å². The van der Waals surface area contributed by atoms with Gasteiger partial charge in [-0.25, -0.2) is 9.48 Å². The summed E-state index contributed by atoms with van der Waals surface area (Å²) in [7, 11) is 0. The predicted octanol–water partition coefficient (Wildman–Crippen LogP) is 3.12. The second-order valence-electron chi connectivity index (χ2n) is 11.3. The lowest BCUT2D eigenvalue weighted by molar-refractivity contribution is -0.117. The minimum atomic E-state index is -0.393. The molecule has 0 radical (unpaired) electrons. The van der Waals surface area contributed by atoms with Crippen molar-refractivity contribution in [1.82, 2.24) is 20.3 Å². The molecule has 0 bridgehead atoms. The summed E-state index contributed by atoms with van der Waals surface area (Å²) >= 11 is 2.31. The molecule has 1 aromatic heterocycles. The lowest BCUT2D eigenvalue weighted by atomic mass is 10.0. The van der Waals surface area contributed by atoms with Crippen LogP contribution in [0.1, 0.15) is 56.8 Å². The Kier molecular flexibility index (Phi) is 14.2. The second-order valence-corrected chi connectivity index (χ2v) is 13.3. The number of halogens is 1. The summed E-state index contributed by atoms with van der Waals surface area (Å²) in [5.74, 6) is 1.84. The topological polar surface area (TPSA) is 136 Å². The van der Waals surface area contributed by atoms with E-state index in [9.17, 15) is 9.59 Å². The number of nitrogens with one attached hydrogen (secondary N) is 1. The number of Topliss-reactive ketones (excluding diaryl/α,β-unsaturated/α-hetero) is 1. The molecule has 3 aliphatic rings. The zero-order valence-electron chi connectivity index (χ0n) is 24.9. The van der Waals surface area contributed by atoms with Crippen LogP contribution in [0.3, 0.4) is 0 Å². The van der Waals surface area contributed by atoms with Crippen LogP contribution in [0.15, 0.2) is 0 Å². The molecule has 2 heterocycles. The summed E-state index contributed by atoms with van der Waals surface area (Å²) in [5.41, 5.74) is 2.35. The smallest absolute Gasteiger partial charge is 0.407 e. The number of hydrogen-bond acceptors (Lipinski definition) is 10. The van der Waals surface area contributed by atoms with Gasteiger partial charge in [0.2, 0.25) is 0 Å². The largest absolute Gasteiger partial charge is 0.449 e. The summed E-state index contributed by atoms with van der Waals surface area (Å²) in [6.45, 7) is 8.30. The molecule has 1 N–H and O–H groups in total. The van der Waals surface area contributed by atoms with Gasteiger partial charge in [0.1, 0.15) is 9.39 Å². The maximum absolute atomic E-state index is 12.1. The van der Waals surface area contributed by atoms with Gasteiger partial charge in [-0.05, 0) is 85.8 Å². The minimum absolute atomic E-state index is 0.0139. The second kappa shape index (κ2) is 17.8. The van der Waals surface area contributed by atoms with Gasteiger partial charge in [0, 0.05) is 25.9 Å². The zero-order valence-corrected chi connectivity index (χ0v) is 27.0. The fourth-order valence-corrected chi connectivity index (χ4v) is 5.92. The summed E-state index contributed by atoms with van der Waals surface area (Å²) in [4.78, 5) is 23.3. The van der Waals surface area contributed by atoms with Crippen molar-refractivity contribution in [3.05, 3.63) is 11.4 Å². The van der Waals surface area contributed by atoms with Crippen LogP contribution in [-0.4, -0.2) is 103 Å². The minimum Gasteiger partial charge on any atom is -0.449 e. The molecule has 42 heavy (non-hydrogen) atoms. The molecular weight excluding hydrogens is 659 g/mol. The molecule has 1 amide bonds. The first-order valence-electron chi connectivity index (χ1n) is 15.4. The highest BCUT2D eigenvalue weighted by molar-refractivity contribution is 14.1. The fraction of sp³-hybridized carbons (Fsp3) is 0.862. The Balaban J connectivity index is 0.939. The average molecular weight is 707 g/mol. The summed E-state index contributed by atoms with van der Waals surface area (Å²) in [6.07, 6.45) is 6.98. The monoisotopic (exact) mass is 706 g/mol. The van der Waals surface area contributed by atoms with Crippen LogP contribution < -0.4 is 5.32 Å². The van der Waals surface area contributed by atoms with Crippen molar-refractivity contribution in [3.8, 4) is 0 Å². The zero-order chi connectivity index (χ0) is 29.6. The van der Waals surface area contributed by atoms with Crippen molar-refractivity contribution >= 4 is 34.5 Å². The normalized spacial score (nSPS) is 24.3. The van der Waals surface area contributed by atoms with Crippen LogP contribution in [-0.2, 0) is 52.6 Å². The number of aromatic nitrogens is 3. The molecular formula is C29H47IN4O8. The molecule has 0 aromatic carbocycles. The molecule has 13 heteroatoms. The maximum Gasteiger partial charge on any atom is 0.407 e.